The molecule has 0 heterocycles. The monoisotopic (exact) mass is 181 g/mol. The third kappa shape index (κ3) is 2.46. The molecule has 0 aliphatic heterocycles. The van der Waals surface area contributed by atoms with Crippen LogP contribution >= 0.6 is 0 Å². The van der Waals surface area contributed by atoms with Gasteiger partial charge in [-0.05, 0) is 31.1 Å². The zero-order valence-corrected chi connectivity index (χ0v) is 8.94. The minimum absolute atomic E-state index is 0.664. The summed E-state index contributed by atoms with van der Waals surface area (Å²) >= 11 is 0. The van der Waals surface area contributed by atoms with E-state index in [1.54, 1.807) is 0 Å². The fourth-order valence-corrected chi connectivity index (χ4v) is 2.65. The van der Waals surface area contributed by atoms with Gasteiger partial charge in [-0.15, -0.1) is 0 Å². The van der Waals surface area contributed by atoms with E-state index in [0.29, 0.717) is 5.41 Å². The van der Waals surface area contributed by atoms with E-state index in [1.165, 1.54) is 57.9 Å². The zero-order valence-electron chi connectivity index (χ0n) is 8.94. The van der Waals surface area contributed by atoms with Crippen LogP contribution in [0.3, 0.4) is 0 Å². The SMILES string of the molecule is CC1(CNC2CCCCC2)CCC1. The highest BCUT2D eigenvalue weighted by atomic mass is 14.9. The van der Waals surface area contributed by atoms with Crippen LogP contribution in [0.4, 0.5) is 0 Å². The molecule has 0 unspecified atom stereocenters. The average Bonchev–Trinajstić information content (AvgIpc) is 2.13. The Kier molecular flexibility index (Phi) is 2.92. The van der Waals surface area contributed by atoms with Crippen LogP contribution in [0.2, 0.25) is 0 Å². The van der Waals surface area contributed by atoms with E-state index in [2.05, 4.69) is 12.2 Å². The summed E-state index contributed by atoms with van der Waals surface area (Å²) in [7, 11) is 0. The number of rotatable bonds is 3. The molecule has 0 aromatic heterocycles. The van der Waals surface area contributed by atoms with E-state index in [0.717, 1.165) is 6.04 Å². The molecule has 2 fully saturated rings. The van der Waals surface area contributed by atoms with Crippen molar-refractivity contribution in [2.24, 2.45) is 5.41 Å². The molecule has 0 saturated heterocycles. The Bertz CT molecular complexity index is 155. The first-order valence-electron chi connectivity index (χ1n) is 6.02. The van der Waals surface area contributed by atoms with Crippen molar-refractivity contribution in [3.8, 4) is 0 Å². The molecule has 1 nitrogen and oxygen atoms in total. The van der Waals surface area contributed by atoms with Crippen LogP contribution in [-0.2, 0) is 0 Å². The lowest BCUT2D eigenvalue weighted by atomic mass is 9.70. The van der Waals surface area contributed by atoms with Gasteiger partial charge in [-0.25, -0.2) is 0 Å². The largest absolute Gasteiger partial charge is 0.313 e. The summed E-state index contributed by atoms with van der Waals surface area (Å²) in [5, 5.41) is 3.76. The Hall–Kier alpha value is -0.0400. The van der Waals surface area contributed by atoms with Gasteiger partial charge in [0, 0.05) is 12.6 Å². The molecule has 0 atom stereocenters. The summed E-state index contributed by atoms with van der Waals surface area (Å²) in [6, 6.07) is 0.853. The van der Waals surface area contributed by atoms with Gasteiger partial charge in [-0.3, -0.25) is 0 Å². The van der Waals surface area contributed by atoms with Crippen LogP contribution in [0.15, 0.2) is 0 Å². The highest BCUT2D eigenvalue weighted by Crippen LogP contribution is 2.39. The van der Waals surface area contributed by atoms with Gasteiger partial charge in [-0.1, -0.05) is 32.6 Å². The second kappa shape index (κ2) is 4.00. The minimum Gasteiger partial charge on any atom is -0.313 e. The summed E-state index contributed by atoms with van der Waals surface area (Å²) in [5.41, 5.74) is 0.664. The third-order valence-electron chi connectivity index (χ3n) is 3.98. The Morgan fingerprint density at radius 3 is 2.31 bits per heavy atom. The summed E-state index contributed by atoms with van der Waals surface area (Å²) < 4.78 is 0. The van der Waals surface area contributed by atoms with Crippen LogP contribution in [0, 0.1) is 5.41 Å². The van der Waals surface area contributed by atoms with E-state index < -0.39 is 0 Å². The molecule has 2 aliphatic carbocycles. The highest BCUT2D eigenvalue weighted by molar-refractivity contribution is 4.86. The molecule has 1 N–H and O–H groups in total. The molecular formula is C12H23N. The predicted molar refractivity (Wildman–Crippen MR) is 56.8 cm³/mol. The van der Waals surface area contributed by atoms with Gasteiger partial charge >= 0.3 is 0 Å². The molecule has 0 spiro atoms. The smallest absolute Gasteiger partial charge is 0.00672 e. The van der Waals surface area contributed by atoms with Gasteiger partial charge in [0.15, 0.2) is 0 Å². The summed E-state index contributed by atoms with van der Waals surface area (Å²) in [4.78, 5) is 0. The molecule has 0 amide bonds. The van der Waals surface area contributed by atoms with Crippen molar-refractivity contribution in [1.29, 1.82) is 0 Å². The van der Waals surface area contributed by atoms with Gasteiger partial charge in [0.1, 0.15) is 0 Å². The predicted octanol–water partition coefficient (Wildman–Crippen LogP) is 3.10. The highest BCUT2D eigenvalue weighted by Gasteiger charge is 2.31. The van der Waals surface area contributed by atoms with Gasteiger partial charge in [0.25, 0.3) is 0 Å². The average molecular weight is 181 g/mol. The van der Waals surface area contributed by atoms with Gasteiger partial charge in [-0.2, -0.15) is 0 Å². The lowest BCUT2D eigenvalue weighted by Gasteiger charge is -2.40. The van der Waals surface area contributed by atoms with Gasteiger partial charge < -0.3 is 5.32 Å². The standard InChI is InChI=1S/C12H23N/c1-12(8-5-9-12)10-13-11-6-3-2-4-7-11/h11,13H,2-10H2,1H3. The zero-order chi connectivity index (χ0) is 9.15. The lowest BCUT2D eigenvalue weighted by molar-refractivity contribution is 0.146. The maximum Gasteiger partial charge on any atom is 0.00672 e. The Morgan fingerprint density at radius 2 is 1.77 bits per heavy atom. The molecular weight excluding hydrogens is 158 g/mol. The van der Waals surface area contributed by atoms with E-state index in [9.17, 15) is 0 Å². The molecule has 0 aromatic carbocycles. The van der Waals surface area contributed by atoms with E-state index in [-0.39, 0.29) is 0 Å². The van der Waals surface area contributed by atoms with Crippen molar-refractivity contribution in [1.82, 2.24) is 5.32 Å². The molecule has 13 heavy (non-hydrogen) atoms. The fourth-order valence-electron chi connectivity index (χ4n) is 2.65. The van der Waals surface area contributed by atoms with Crippen LogP contribution in [0.1, 0.15) is 58.3 Å². The first-order valence-corrected chi connectivity index (χ1v) is 6.02. The normalized spacial score (nSPS) is 28.4. The van der Waals surface area contributed by atoms with E-state index in [1.807, 2.05) is 0 Å². The second-order valence-electron chi connectivity index (χ2n) is 5.38. The molecule has 2 rings (SSSR count). The molecule has 0 bridgehead atoms. The molecule has 0 radical (unpaired) electrons. The number of hydrogen-bond donors (Lipinski definition) is 1. The first-order chi connectivity index (χ1) is 6.29. The maximum absolute atomic E-state index is 3.76. The van der Waals surface area contributed by atoms with Crippen molar-refractivity contribution >= 4 is 0 Å². The Morgan fingerprint density at radius 1 is 1.08 bits per heavy atom. The third-order valence-corrected chi connectivity index (χ3v) is 3.98. The van der Waals surface area contributed by atoms with Crippen molar-refractivity contribution in [2.75, 3.05) is 6.54 Å². The molecule has 2 saturated carbocycles. The summed E-state index contributed by atoms with van der Waals surface area (Å²) in [6.45, 7) is 3.71. The topological polar surface area (TPSA) is 12.0 Å². The first kappa shape index (κ1) is 9.51. The maximum atomic E-state index is 3.76. The Labute approximate surface area is 82.3 Å². The number of nitrogens with one attached hydrogen (secondary N) is 1. The van der Waals surface area contributed by atoms with Crippen LogP contribution in [0.5, 0.6) is 0 Å². The van der Waals surface area contributed by atoms with Crippen molar-refractivity contribution in [3.05, 3.63) is 0 Å². The van der Waals surface area contributed by atoms with E-state index >= 15 is 0 Å². The van der Waals surface area contributed by atoms with Crippen LogP contribution < -0.4 is 5.32 Å². The van der Waals surface area contributed by atoms with Gasteiger partial charge in [0.2, 0.25) is 0 Å². The van der Waals surface area contributed by atoms with Crippen molar-refractivity contribution < 1.29 is 0 Å². The quantitative estimate of drug-likeness (QED) is 0.705. The lowest BCUT2D eigenvalue weighted by Crippen LogP contribution is -2.42. The van der Waals surface area contributed by atoms with Crippen molar-refractivity contribution in [2.45, 2.75) is 64.3 Å². The molecule has 2 aliphatic rings. The van der Waals surface area contributed by atoms with Crippen molar-refractivity contribution in [3.63, 3.8) is 0 Å². The van der Waals surface area contributed by atoms with E-state index in [4.69, 9.17) is 0 Å². The summed E-state index contributed by atoms with van der Waals surface area (Å²) in [5.74, 6) is 0. The fraction of sp³-hybridized carbons (Fsp3) is 1.00. The molecule has 0 aromatic rings. The second-order valence-corrected chi connectivity index (χ2v) is 5.38. The van der Waals surface area contributed by atoms with Crippen LogP contribution in [0.25, 0.3) is 0 Å². The summed E-state index contributed by atoms with van der Waals surface area (Å²) in [6.07, 6.45) is 11.6. The molecule has 1 heteroatoms. The van der Waals surface area contributed by atoms with Gasteiger partial charge in [0.05, 0.1) is 0 Å². The minimum atomic E-state index is 0.664. The van der Waals surface area contributed by atoms with Crippen LogP contribution in [-0.4, -0.2) is 12.6 Å². The Balaban J connectivity index is 1.66. The number of hydrogen-bond acceptors (Lipinski definition) is 1. The molecule has 76 valence electrons.